The first-order chi connectivity index (χ1) is 7.25. The first kappa shape index (κ1) is 10.3. The second kappa shape index (κ2) is 4.51. The lowest BCUT2D eigenvalue weighted by Gasteiger charge is -2.15. The van der Waals surface area contributed by atoms with E-state index in [1.54, 1.807) is 0 Å². The molecule has 1 N–H and O–H groups in total. The summed E-state index contributed by atoms with van der Waals surface area (Å²) in [5.41, 5.74) is 0. The van der Waals surface area contributed by atoms with Crippen LogP contribution in [0.4, 0.5) is 0 Å². The maximum absolute atomic E-state index is 10.7. The number of hydrogen-bond acceptors (Lipinski definition) is 2. The average Bonchev–Trinajstić information content (AvgIpc) is 2.50. The summed E-state index contributed by atoms with van der Waals surface area (Å²) in [6.07, 6.45) is 9.29. The van der Waals surface area contributed by atoms with Crippen LogP contribution in [0.5, 0.6) is 0 Å². The molecule has 0 aromatic carbocycles. The molecule has 0 spiro atoms. The molecular weight excluding hydrogens is 192 g/mol. The van der Waals surface area contributed by atoms with Gasteiger partial charge in [0.25, 0.3) is 0 Å². The topological polar surface area (TPSA) is 46.5 Å². The van der Waals surface area contributed by atoms with E-state index in [2.05, 4.69) is 12.2 Å². The number of carboxylic acid groups (broad SMARTS) is 1. The summed E-state index contributed by atoms with van der Waals surface area (Å²) in [5, 5.41) is 8.83. The zero-order chi connectivity index (χ0) is 10.7. The fraction of sp³-hybridized carbons (Fsp3) is 0.583. The lowest BCUT2D eigenvalue weighted by atomic mass is 9.96. The van der Waals surface area contributed by atoms with Gasteiger partial charge in [-0.25, -0.2) is 0 Å². The summed E-state index contributed by atoms with van der Waals surface area (Å²) >= 11 is 0. The molecule has 0 aromatic rings. The van der Waals surface area contributed by atoms with Gasteiger partial charge in [-0.3, -0.25) is 4.79 Å². The van der Waals surface area contributed by atoms with Crippen LogP contribution >= 0.6 is 0 Å². The molecule has 0 aromatic heterocycles. The van der Waals surface area contributed by atoms with Gasteiger partial charge in [0.05, 0.1) is 12.2 Å². The molecule has 0 fully saturated rings. The fourth-order valence-corrected chi connectivity index (χ4v) is 2.16. The van der Waals surface area contributed by atoms with E-state index in [0.29, 0.717) is 0 Å². The van der Waals surface area contributed by atoms with Crippen molar-refractivity contribution in [2.24, 2.45) is 5.92 Å². The lowest BCUT2D eigenvalue weighted by Crippen LogP contribution is -2.10. The van der Waals surface area contributed by atoms with Crippen LogP contribution in [0.1, 0.15) is 38.5 Å². The van der Waals surface area contributed by atoms with Crippen molar-refractivity contribution < 1.29 is 14.6 Å². The molecule has 2 bridgehead atoms. The minimum absolute atomic E-state index is 0.0642. The van der Waals surface area contributed by atoms with Crippen molar-refractivity contribution in [2.75, 3.05) is 0 Å². The van der Waals surface area contributed by atoms with Gasteiger partial charge in [0, 0.05) is 12.3 Å². The third-order valence-corrected chi connectivity index (χ3v) is 2.93. The van der Waals surface area contributed by atoms with Gasteiger partial charge in [0.1, 0.15) is 5.76 Å². The van der Waals surface area contributed by atoms with Gasteiger partial charge in [0.15, 0.2) is 0 Å². The predicted octanol–water partition coefficient (Wildman–Crippen LogP) is 2.84. The van der Waals surface area contributed by atoms with Crippen LogP contribution < -0.4 is 0 Å². The largest absolute Gasteiger partial charge is 0.481 e. The number of carboxylic acids is 1. The van der Waals surface area contributed by atoms with E-state index in [0.717, 1.165) is 43.6 Å². The summed E-state index contributed by atoms with van der Waals surface area (Å²) in [6, 6.07) is 0. The highest BCUT2D eigenvalue weighted by Gasteiger charge is 2.23. The quantitative estimate of drug-likeness (QED) is 0.759. The van der Waals surface area contributed by atoms with Crippen LogP contribution in [0.3, 0.4) is 0 Å². The smallest absolute Gasteiger partial charge is 0.304 e. The Labute approximate surface area is 89.4 Å². The Hall–Kier alpha value is -1.25. The second-order valence-electron chi connectivity index (χ2n) is 4.14. The number of allylic oxidation sites excluding steroid dienone is 4. The fourth-order valence-electron chi connectivity index (χ4n) is 2.16. The third-order valence-electron chi connectivity index (χ3n) is 2.93. The molecule has 15 heavy (non-hydrogen) atoms. The first-order valence-electron chi connectivity index (χ1n) is 5.54. The van der Waals surface area contributed by atoms with Gasteiger partial charge >= 0.3 is 5.97 Å². The molecule has 0 amide bonds. The van der Waals surface area contributed by atoms with Gasteiger partial charge in [-0.2, -0.15) is 0 Å². The van der Waals surface area contributed by atoms with Crippen molar-refractivity contribution in [3.05, 3.63) is 23.7 Å². The predicted molar refractivity (Wildman–Crippen MR) is 56.1 cm³/mol. The lowest BCUT2D eigenvalue weighted by molar-refractivity contribution is -0.138. The first-order valence-corrected chi connectivity index (χ1v) is 5.54. The monoisotopic (exact) mass is 208 g/mol. The van der Waals surface area contributed by atoms with Crippen LogP contribution in [0, 0.1) is 5.92 Å². The van der Waals surface area contributed by atoms with Gasteiger partial charge in [-0.15, -0.1) is 0 Å². The maximum Gasteiger partial charge on any atom is 0.304 e. The Bertz CT molecular complexity index is 315. The summed E-state index contributed by atoms with van der Waals surface area (Å²) in [5.74, 6) is 1.25. The number of aliphatic carboxylic acids is 1. The summed E-state index contributed by atoms with van der Waals surface area (Å²) in [4.78, 5) is 10.7. The zero-order valence-electron chi connectivity index (χ0n) is 8.74. The van der Waals surface area contributed by atoms with Gasteiger partial charge < -0.3 is 9.84 Å². The Kier molecular flexibility index (Phi) is 3.09. The highest BCUT2D eigenvalue weighted by Crippen LogP contribution is 2.32. The molecule has 3 nitrogen and oxygen atoms in total. The van der Waals surface area contributed by atoms with E-state index in [1.807, 2.05) is 0 Å². The number of ether oxygens (including phenoxy) is 1. The van der Waals surface area contributed by atoms with Crippen LogP contribution in [0.25, 0.3) is 0 Å². The molecule has 0 saturated carbocycles. The summed E-state index contributed by atoms with van der Waals surface area (Å²) in [7, 11) is 0. The van der Waals surface area contributed by atoms with E-state index in [9.17, 15) is 4.79 Å². The molecule has 82 valence electrons. The highest BCUT2D eigenvalue weighted by atomic mass is 16.5. The van der Waals surface area contributed by atoms with Crippen molar-refractivity contribution in [2.45, 2.75) is 38.5 Å². The molecule has 0 aliphatic carbocycles. The molecule has 2 aliphatic rings. The van der Waals surface area contributed by atoms with E-state index < -0.39 is 5.97 Å². The Balaban J connectivity index is 2.14. The van der Waals surface area contributed by atoms with E-state index in [4.69, 9.17) is 9.84 Å². The van der Waals surface area contributed by atoms with E-state index in [-0.39, 0.29) is 12.3 Å². The summed E-state index contributed by atoms with van der Waals surface area (Å²) in [6.45, 7) is 0. The molecule has 0 saturated heterocycles. The molecule has 0 unspecified atom stereocenters. The van der Waals surface area contributed by atoms with Crippen LogP contribution in [0.2, 0.25) is 0 Å². The SMILES string of the molecule is O=C(O)C[C@H]1CCC=C2CCCC=C1O2. The highest BCUT2D eigenvalue weighted by molar-refractivity contribution is 5.67. The molecular formula is C12H16O3. The standard InChI is InChI=1S/C12H16O3/c13-12(14)8-9-4-3-6-10-5-1-2-7-11(9)15-10/h6-7,9H,1-5,8H2,(H,13,14)/t9-/m1/s1. The average molecular weight is 208 g/mol. The minimum Gasteiger partial charge on any atom is -0.481 e. The van der Waals surface area contributed by atoms with Crippen molar-refractivity contribution in [1.29, 1.82) is 0 Å². The summed E-state index contributed by atoms with van der Waals surface area (Å²) < 4.78 is 5.74. The number of rotatable bonds is 2. The molecule has 3 heteroatoms. The number of fused-ring (bicyclic) bond motifs is 2. The second-order valence-corrected chi connectivity index (χ2v) is 4.14. The minimum atomic E-state index is -0.739. The van der Waals surface area contributed by atoms with E-state index in [1.165, 1.54) is 0 Å². The van der Waals surface area contributed by atoms with Gasteiger partial charge in [-0.1, -0.05) is 0 Å². The molecule has 1 atom stereocenters. The van der Waals surface area contributed by atoms with Crippen molar-refractivity contribution in [1.82, 2.24) is 0 Å². The molecule has 2 heterocycles. The van der Waals surface area contributed by atoms with Gasteiger partial charge in [0.2, 0.25) is 0 Å². The maximum atomic E-state index is 10.7. The third kappa shape index (κ3) is 2.61. The van der Waals surface area contributed by atoms with Crippen LogP contribution in [-0.2, 0) is 9.53 Å². The molecule has 0 radical (unpaired) electrons. The number of hydrogen-bond donors (Lipinski definition) is 1. The Morgan fingerprint density at radius 1 is 1.47 bits per heavy atom. The Morgan fingerprint density at radius 2 is 2.33 bits per heavy atom. The van der Waals surface area contributed by atoms with Gasteiger partial charge in [-0.05, 0) is 37.8 Å². The van der Waals surface area contributed by atoms with Crippen LogP contribution in [0.15, 0.2) is 23.7 Å². The van der Waals surface area contributed by atoms with E-state index >= 15 is 0 Å². The zero-order valence-corrected chi connectivity index (χ0v) is 8.74. The normalized spacial score (nSPS) is 25.5. The van der Waals surface area contributed by atoms with Crippen molar-refractivity contribution >= 4 is 5.97 Å². The number of carbonyl (C=O) groups is 1. The van der Waals surface area contributed by atoms with Crippen LogP contribution in [-0.4, -0.2) is 11.1 Å². The van der Waals surface area contributed by atoms with Crippen molar-refractivity contribution in [3.63, 3.8) is 0 Å². The molecule has 2 rings (SSSR count). The Morgan fingerprint density at radius 3 is 3.13 bits per heavy atom. The van der Waals surface area contributed by atoms with Crippen molar-refractivity contribution in [3.8, 4) is 0 Å². The molecule has 2 aliphatic heterocycles.